The highest BCUT2D eigenvalue weighted by Gasteiger charge is 2.15. The molecule has 5 rings (SSSR count). The number of oxazole rings is 1. The van der Waals surface area contributed by atoms with Gasteiger partial charge < -0.3 is 9.73 Å². The lowest BCUT2D eigenvalue weighted by molar-refractivity contribution is 0.102. The van der Waals surface area contributed by atoms with E-state index in [1.165, 1.54) is 0 Å². The number of benzene rings is 4. The standard InChI is InChI=1S/C25H16Cl2N2O2/c1-14-8-10-19(21(27)12-14)25-29-22-13-15(9-11-23(22)31-25)28-24(30)18-6-2-5-17-16(18)4-3-7-20(17)26/h2-13H,1H3,(H,28,30). The zero-order valence-corrected chi connectivity index (χ0v) is 18.0. The van der Waals surface area contributed by atoms with Gasteiger partial charge in [0.05, 0.1) is 10.6 Å². The lowest BCUT2D eigenvalue weighted by Crippen LogP contribution is -2.12. The van der Waals surface area contributed by atoms with E-state index >= 15 is 0 Å². The Kier molecular flexibility index (Phi) is 4.89. The Morgan fingerprint density at radius 2 is 1.71 bits per heavy atom. The summed E-state index contributed by atoms with van der Waals surface area (Å²) in [5.41, 5.74) is 4.19. The van der Waals surface area contributed by atoms with Gasteiger partial charge in [0.2, 0.25) is 5.89 Å². The van der Waals surface area contributed by atoms with Crippen LogP contribution in [0.5, 0.6) is 0 Å². The summed E-state index contributed by atoms with van der Waals surface area (Å²) in [7, 11) is 0. The van der Waals surface area contributed by atoms with E-state index in [0.717, 1.165) is 21.9 Å². The van der Waals surface area contributed by atoms with Crippen LogP contribution in [-0.2, 0) is 0 Å². The fourth-order valence-corrected chi connectivity index (χ4v) is 4.14. The monoisotopic (exact) mass is 446 g/mol. The second-order valence-corrected chi connectivity index (χ2v) is 8.09. The molecular weight excluding hydrogens is 431 g/mol. The molecule has 1 amide bonds. The van der Waals surface area contributed by atoms with Crippen molar-refractivity contribution < 1.29 is 9.21 Å². The summed E-state index contributed by atoms with van der Waals surface area (Å²) < 4.78 is 5.87. The molecule has 0 radical (unpaired) electrons. The fourth-order valence-electron chi connectivity index (χ4n) is 3.58. The van der Waals surface area contributed by atoms with Crippen LogP contribution in [0.1, 0.15) is 15.9 Å². The maximum atomic E-state index is 13.0. The average molecular weight is 447 g/mol. The number of fused-ring (bicyclic) bond motifs is 2. The molecule has 0 saturated carbocycles. The molecule has 31 heavy (non-hydrogen) atoms. The van der Waals surface area contributed by atoms with E-state index in [0.29, 0.717) is 38.3 Å². The van der Waals surface area contributed by atoms with Gasteiger partial charge >= 0.3 is 0 Å². The Bertz CT molecular complexity index is 1470. The van der Waals surface area contributed by atoms with Crippen LogP contribution in [0.2, 0.25) is 10.0 Å². The third-order valence-electron chi connectivity index (χ3n) is 5.11. The van der Waals surface area contributed by atoms with Crippen molar-refractivity contribution in [3.05, 3.63) is 94.0 Å². The van der Waals surface area contributed by atoms with Gasteiger partial charge in [-0.15, -0.1) is 0 Å². The van der Waals surface area contributed by atoms with Gasteiger partial charge in [-0.1, -0.05) is 53.5 Å². The minimum absolute atomic E-state index is 0.225. The molecule has 0 aliphatic rings. The van der Waals surface area contributed by atoms with Gasteiger partial charge in [0.1, 0.15) is 5.52 Å². The Balaban J connectivity index is 1.48. The second kappa shape index (κ2) is 7.73. The van der Waals surface area contributed by atoms with Crippen LogP contribution in [0.15, 0.2) is 77.2 Å². The summed E-state index contributed by atoms with van der Waals surface area (Å²) in [4.78, 5) is 17.5. The van der Waals surface area contributed by atoms with Crippen molar-refractivity contribution >= 4 is 56.7 Å². The van der Waals surface area contributed by atoms with E-state index in [9.17, 15) is 4.79 Å². The number of nitrogens with zero attached hydrogens (tertiary/aromatic N) is 1. The van der Waals surface area contributed by atoms with E-state index in [1.807, 2.05) is 55.5 Å². The number of carbonyl (C=O) groups is 1. The summed E-state index contributed by atoms with van der Waals surface area (Å²) in [6.45, 7) is 1.97. The SMILES string of the molecule is Cc1ccc(-c2nc3cc(NC(=O)c4cccc5c(Cl)cccc45)ccc3o2)c(Cl)c1. The third kappa shape index (κ3) is 3.65. The van der Waals surface area contributed by atoms with Crippen LogP contribution in [0, 0.1) is 6.92 Å². The molecule has 0 saturated heterocycles. The minimum Gasteiger partial charge on any atom is -0.436 e. The Hall–Kier alpha value is -3.34. The smallest absolute Gasteiger partial charge is 0.256 e. The molecule has 1 aromatic heterocycles. The van der Waals surface area contributed by atoms with E-state index in [1.54, 1.807) is 24.3 Å². The quantitative estimate of drug-likeness (QED) is 0.311. The van der Waals surface area contributed by atoms with Crippen LogP contribution in [0.3, 0.4) is 0 Å². The first kappa shape index (κ1) is 19.6. The van der Waals surface area contributed by atoms with E-state index in [2.05, 4.69) is 10.3 Å². The van der Waals surface area contributed by atoms with Crippen molar-refractivity contribution in [2.75, 3.05) is 5.32 Å². The van der Waals surface area contributed by atoms with Crippen LogP contribution in [0.25, 0.3) is 33.3 Å². The van der Waals surface area contributed by atoms with Gasteiger partial charge in [0.25, 0.3) is 5.91 Å². The van der Waals surface area contributed by atoms with Gasteiger partial charge in [0, 0.05) is 21.7 Å². The van der Waals surface area contributed by atoms with Crippen LogP contribution in [-0.4, -0.2) is 10.9 Å². The molecule has 1 heterocycles. The zero-order chi connectivity index (χ0) is 21.5. The number of aryl methyl sites for hydroxylation is 1. The number of halogens is 2. The first-order chi connectivity index (χ1) is 15.0. The van der Waals surface area contributed by atoms with Crippen LogP contribution < -0.4 is 5.32 Å². The lowest BCUT2D eigenvalue weighted by atomic mass is 10.0. The zero-order valence-electron chi connectivity index (χ0n) is 16.4. The van der Waals surface area contributed by atoms with Gasteiger partial charge in [-0.3, -0.25) is 4.79 Å². The average Bonchev–Trinajstić information content (AvgIpc) is 3.16. The first-order valence-corrected chi connectivity index (χ1v) is 10.4. The van der Waals surface area contributed by atoms with Crippen molar-refractivity contribution in [3.63, 3.8) is 0 Å². The fraction of sp³-hybridized carbons (Fsp3) is 0.0400. The summed E-state index contributed by atoms with van der Waals surface area (Å²) in [5.74, 6) is 0.213. The Morgan fingerprint density at radius 3 is 2.55 bits per heavy atom. The maximum Gasteiger partial charge on any atom is 0.256 e. The van der Waals surface area contributed by atoms with Crippen molar-refractivity contribution in [3.8, 4) is 11.5 Å². The molecule has 5 aromatic rings. The van der Waals surface area contributed by atoms with Gasteiger partial charge in [-0.25, -0.2) is 4.98 Å². The number of anilines is 1. The summed E-state index contributed by atoms with van der Waals surface area (Å²) >= 11 is 12.6. The molecule has 0 aliphatic heterocycles. The van der Waals surface area contributed by atoms with Crippen LogP contribution >= 0.6 is 23.2 Å². The lowest BCUT2D eigenvalue weighted by Gasteiger charge is -2.09. The normalized spacial score (nSPS) is 11.2. The highest BCUT2D eigenvalue weighted by molar-refractivity contribution is 6.36. The van der Waals surface area contributed by atoms with Crippen molar-refractivity contribution in [2.24, 2.45) is 0 Å². The molecule has 1 N–H and O–H groups in total. The van der Waals surface area contributed by atoms with E-state index < -0.39 is 0 Å². The predicted octanol–water partition coefficient (Wildman–Crippen LogP) is 7.52. The number of rotatable bonds is 3. The number of carbonyl (C=O) groups excluding carboxylic acids is 1. The molecule has 152 valence electrons. The molecule has 0 aliphatic carbocycles. The van der Waals surface area contributed by atoms with Crippen molar-refractivity contribution in [1.29, 1.82) is 0 Å². The third-order valence-corrected chi connectivity index (χ3v) is 5.76. The second-order valence-electron chi connectivity index (χ2n) is 7.28. The summed E-state index contributed by atoms with van der Waals surface area (Å²) in [6, 6.07) is 22.1. The Labute approximate surface area is 188 Å². The molecule has 4 nitrogen and oxygen atoms in total. The maximum absolute atomic E-state index is 13.0. The molecule has 4 aromatic carbocycles. The summed E-state index contributed by atoms with van der Waals surface area (Å²) in [6.07, 6.45) is 0. The number of hydrogen-bond acceptors (Lipinski definition) is 3. The molecule has 0 unspecified atom stereocenters. The van der Waals surface area contributed by atoms with Crippen molar-refractivity contribution in [2.45, 2.75) is 6.92 Å². The molecule has 6 heteroatoms. The number of nitrogens with one attached hydrogen (secondary N) is 1. The summed E-state index contributed by atoms with van der Waals surface area (Å²) in [5, 5.41) is 5.76. The number of hydrogen-bond donors (Lipinski definition) is 1. The van der Waals surface area contributed by atoms with Gasteiger partial charge in [-0.05, 0) is 60.3 Å². The van der Waals surface area contributed by atoms with Gasteiger partial charge in [-0.2, -0.15) is 0 Å². The molecule has 0 bridgehead atoms. The van der Waals surface area contributed by atoms with E-state index in [4.69, 9.17) is 27.6 Å². The molecule has 0 spiro atoms. The highest BCUT2D eigenvalue weighted by Crippen LogP contribution is 2.32. The van der Waals surface area contributed by atoms with Crippen LogP contribution in [0.4, 0.5) is 5.69 Å². The first-order valence-electron chi connectivity index (χ1n) is 9.65. The van der Waals surface area contributed by atoms with Crippen molar-refractivity contribution in [1.82, 2.24) is 4.98 Å². The molecular formula is C25H16Cl2N2O2. The van der Waals surface area contributed by atoms with E-state index in [-0.39, 0.29) is 5.91 Å². The largest absolute Gasteiger partial charge is 0.436 e. The predicted molar refractivity (Wildman–Crippen MR) is 126 cm³/mol. The Morgan fingerprint density at radius 1 is 0.903 bits per heavy atom. The number of amides is 1. The van der Waals surface area contributed by atoms with Gasteiger partial charge in [0.15, 0.2) is 5.58 Å². The molecule has 0 atom stereocenters. The molecule has 0 fully saturated rings. The topological polar surface area (TPSA) is 55.1 Å². The minimum atomic E-state index is -0.225. The highest BCUT2D eigenvalue weighted by atomic mass is 35.5. The number of aromatic nitrogens is 1.